The van der Waals surface area contributed by atoms with Gasteiger partial charge in [0.15, 0.2) is 0 Å². The van der Waals surface area contributed by atoms with Gasteiger partial charge in [-0.3, -0.25) is 9.59 Å². The lowest BCUT2D eigenvalue weighted by molar-refractivity contribution is -0.182. The molecule has 0 atom stereocenters. The molecule has 0 heterocycles. The quantitative estimate of drug-likeness (QED) is 0.482. The zero-order valence-corrected chi connectivity index (χ0v) is 7.52. The lowest BCUT2D eigenvalue weighted by atomic mass is 10.3. The fourth-order valence-electron chi connectivity index (χ4n) is 0.648. The van der Waals surface area contributed by atoms with Crippen LogP contribution >= 0.6 is 0 Å². The standard InChI is InChI=1S/C8H13NO4/c1-3-6-9(2)13-8(12)5-4-7(10)11/h3H,1,4-6H2,2H3,(H,10,11). The van der Waals surface area contributed by atoms with Crippen LogP contribution in [0.15, 0.2) is 12.7 Å². The van der Waals surface area contributed by atoms with Crippen LogP contribution in [0.5, 0.6) is 0 Å². The Morgan fingerprint density at radius 2 is 2.15 bits per heavy atom. The molecular formula is C8H13NO4. The van der Waals surface area contributed by atoms with Gasteiger partial charge in [0.2, 0.25) is 0 Å². The summed E-state index contributed by atoms with van der Waals surface area (Å²) < 4.78 is 0. The van der Waals surface area contributed by atoms with Gasteiger partial charge in [0.25, 0.3) is 0 Å². The first-order valence-electron chi connectivity index (χ1n) is 3.81. The van der Waals surface area contributed by atoms with E-state index in [-0.39, 0.29) is 12.8 Å². The number of carbonyl (C=O) groups is 2. The highest BCUT2D eigenvalue weighted by Crippen LogP contribution is 1.95. The van der Waals surface area contributed by atoms with Gasteiger partial charge >= 0.3 is 11.9 Å². The third kappa shape index (κ3) is 7.02. The van der Waals surface area contributed by atoms with E-state index in [9.17, 15) is 9.59 Å². The van der Waals surface area contributed by atoms with Crippen LogP contribution in [0.3, 0.4) is 0 Å². The zero-order chi connectivity index (χ0) is 10.3. The molecule has 0 aromatic carbocycles. The van der Waals surface area contributed by atoms with Crippen molar-refractivity contribution in [1.29, 1.82) is 0 Å². The Morgan fingerprint density at radius 1 is 1.54 bits per heavy atom. The summed E-state index contributed by atoms with van der Waals surface area (Å²) in [6, 6.07) is 0. The number of hydrogen-bond acceptors (Lipinski definition) is 4. The zero-order valence-electron chi connectivity index (χ0n) is 7.52. The van der Waals surface area contributed by atoms with E-state index in [4.69, 9.17) is 9.94 Å². The van der Waals surface area contributed by atoms with E-state index >= 15 is 0 Å². The molecule has 0 radical (unpaired) electrons. The molecule has 0 aliphatic carbocycles. The summed E-state index contributed by atoms with van der Waals surface area (Å²) in [6.45, 7) is 3.87. The number of likely N-dealkylation sites (N-methyl/N-ethyl adjacent to an activating group) is 1. The smallest absolute Gasteiger partial charge is 0.325 e. The summed E-state index contributed by atoms with van der Waals surface area (Å²) in [7, 11) is 1.57. The van der Waals surface area contributed by atoms with Gasteiger partial charge in [-0.2, -0.15) is 0 Å². The Kier molecular flexibility index (Phi) is 5.54. The van der Waals surface area contributed by atoms with Gasteiger partial charge in [0.05, 0.1) is 19.4 Å². The second-order valence-electron chi connectivity index (χ2n) is 2.46. The molecule has 5 heteroatoms. The number of rotatable bonds is 6. The topological polar surface area (TPSA) is 66.8 Å². The van der Waals surface area contributed by atoms with E-state index in [1.165, 1.54) is 5.06 Å². The normalized spacial score (nSPS) is 9.69. The van der Waals surface area contributed by atoms with E-state index < -0.39 is 11.9 Å². The SMILES string of the molecule is C=CCN(C)OC(=O)CCC(=O)O. The summed E-state index contributed by atoms with van der Waals surface area (Å²) in [5, 5.41) is 9.55. The molecule has 0 aromatic rings. The second kappa shape index (κ2) is 6.19. The Labute approximate surface area is 76.5 Å². The fraction of sp³-hybridized carbons (Fsp3) is 0.500. The van der Waals surface area contributed by atoms with Crippen LogP contribution in [0.25, 0.3) is 0 Å². The van der Waals surface area contributed by atoms with E-state index in [0.29, 0.717) is 6.54 Å². The Balaban J connectivity index is 3.61. The van der Waals surface area contributed by atoms with Crippen molar-refractivity contribution in [2.24, 2.45) is 0 Å². The van der Waals surface area contributed by atoms with Gasteiger partial charge in [-0.25, -0.2) is 0 Å². The molecule has 0 saturated carbocycles. The molecule has 0 saturated heterocycles. The van der Waals surface area contributed by atoms with Crippen molar-refractivity contribution in [3.8, 4) is 0 Å². The molecule has 0 amide bonds. The molecule has 0 unspecified atom stereocenters. The summed E-state index contributed by atoms with van der Waals surface area (Å²) in [6.07, 6.45) is 1.25. The highest BCUT2D eigenvalue weighted by atomic mass is 16.7. The van der Waals surface area contributed by atoms with E-state index in [1.54, 1.807) is 13.1 Å². The third-order valence-electron chi connectivity index (χ3n) is 1.19. The summed E-state index contributed by atoms with van der Waals surface area (Å²) in [4.78, 5) is 25.6. The number of aliphatic carboxylic acids is 1. The number of carboxylic acid groups (broad SMARTS) is 1. The third-order valence-corrected chi connectivity index (χ3v) is 1.19. The van der Waals surface area contributed by atoms with Gasteiger partial charge in [0.1, 0.15) is 0 Å². The van der Waals surface area contributed by atoms with Crippen LogP contribution < -0.4 is 0 Å². The molecule has 1 N–H and O–H groups in total. The van der Waals surface area contributed by atoms with Crippen LogP contribution in [0.2, 0.25) is 0 Å². The van der Waals surface area contributed by atoms with Gasteiger partial charge in [-0.1, -0.05) is 6.08 Å². The van der Waals surface area contributed by atoms with Crippen molar-refractivity contribution in [3.63, 3.8) is 0 Å². The summed E-state index contributed by atoms with van der Waals surface area (Å²) in [5.41, 5.74) is 0. The monoisotopic (exact) mass is 187 g/mol. The minimum Gasteiger partial charge on any atom is -0.481 e. The molecule has 0 aromatic heterocycles. The largest absolute Gasteiger partial charge is 0.481 e. The lowest BCUT2D eigenvalue weighted by Gasteiger charge is -2.12. The second-order valence-corrected chi connectivity index (χ2v) is 2.46. The molecule has 0 aliphatic heterocycles. The number of carbonyl (C=O) groups excluding carboxylic acids is 1. The number of hydrogen-bond donors (Lipinski definition) is 1. The van der Waals surface area contributed by atoms with E-state index in [1.807, 2.05) is 0 Å². The molecule has 0 bridgehead atoms. The highest BCUT2D eigenvalue weighted by molar-refractivity contribution is 5.76. The first-order chi connectivity index (χ1) is 6.06. The molecule has 0 aliphatic rings. The van der Waals surface area contributed by atoms with Crippen molar-refractivity contribution >= 4 is 11.9 Å². The minimum absolute atomic E-state index is 0.114. The van der Waals surface area contributed by atoms with Gasteiger partial charge < -0.3 is 9.94 Å². The predicted molar refractivity (Wildman–Crippen MR) is 45.8 cm³/mol. The van der Waals surface area contributed by atoms with Crippen LogP contribution in [-0.2, 0) is 14.4 Å². The average molecular weight is 187 g/mol. The Morgan fingerprint density at radius 3 is 2.62 bits per heavy atom. The summed E-state index contributed by atoms with van der Waals surface area (Å²) in [5.74, 6) is -1.56. The Bertz CT molecular complexity index is 202. The molecule has 0 fully saturated rings. The van der Waals surface area contributed by atoms with Crippen molar-refractivity contribution < 1.29 is 19.5 Å². The molecule has 0 spiro atoms. The summed E-state index contributed by atoms with van der Waals surface area (Å²) >= 11 is 0. The molecule has 74 valence electrons. The maximum Gasteiger partial charge on any atom is 0.325 e. The Hall–Kier alpha value is -1.36. The maximum absolute atomic E-state index is 10.9. The van der Waals surface area contributed by atoms with Crippen LogP contribution in [-0.4, -0.2) is 35.7 Å². The number of hydroxylamine groups is 2. The highest BCUT2D eigenvalue weighted by Gasteiger charge is 2.08. The van der Waals surface area contributed by atoms with Gasteiger partial charge in [0, 0.05) is 7.05 Å². The number of carboxylic acids is 1. The molecule has 5 nitrogen and oxygen atoms in total. The van der Waals surface area contributed by atoms with Crippen LogP contribution in [0, 0.1) is 0 Å². The first kappa shape index (κ1) is 11.6. The molecule has 0 rings (SSSR count). The molecule has 13 heavy (non-hydrogen) atoms. The molecular weight excluding hydrogens is 174 g/mol. The fourth-order valence-corrected chi connectivity index (χ4v) is 0.648. The van der Waals surface area contributed by atoms with Crippen molar-refractivity contribution in [2.45, 2.75) is 12.8 Å². The average Bonchev–Trinajstić information content (AvgIpc) is 2.01. The van der Waals surface area contributed by atoms with E-state index in [0.717, 1.165) is 0 Å². The van der Waals surface area contributed by atoms with Crippen molar-refractivity contribution in [1.82, 2.24) is 5.06 Å². The van der Waals surface area contributed by atoms with Crippen molar-refractivity contribution in [3.05, 3.63) is 12.7 Å². The van der Waals surface area contributed by atoms with Gasteiger partial charge in [-0.05, 0) is 0 Å². The van der Waals surface area contributed by atoms with Crippen molar-refractivity contribution in [2.75, 3.05) is 13.6 Å². The first-order valence-corrected chi connectivity index (χ1v) is 3.81. The minimum atomic E-state index is -1.01. The lowest BCUT2D eigenvalue weighted by Crippen LogP contribution is -2.23. The predicted octanol–water partition coefficient (Wildman–Crippen LogP) is 0.427. The van der Waals surface area contributed by atoms with Crippen LogP contribution in [0.4, 0.5) is 0 Å². The van der Waals surface area contributed by atoms with E-state index in [2.05, 4.69) is 6.58 Å². The number of nitrogens with zero attached hydrogens (tertiary/aromatic N) is 1. The van der Waals surface area contributed by atoms with Gasteiger partial charge in [-0.15, -0.1) is 11.6 Å². The van der Waals surface area contributed by atoms with Crippen LogP contribution in [0.1, 0.15) is 12.8 Å². The maximum atomic E-state index is 10.9.